The molecule has 0 atom stereocenters. The fraction of sp³-hybridized carbons (Fsp3) is 0.0588. The van der Waals surface area contributed by atoms with Crippen molar-refractivity contribution >= 4 is 44.2 Å². The molecule has 2 aromatic carbocycles. The van der Waals surface area contributed by atoms with Crippen molar-refractivity contribution in [3.05, 3.63) is 64.8 Å². The monoisotopic (exact) mass is 356 g/mol. The zero-order valence-electron chi connectivity index (χ0n) is 11.8. The van der Waals surface area contributed by atoms with Gasteiger partial charge in [-0.25, -0.2) is 0 Å². The summed E-state index contributed by atoms with van der Waals surface area (Å²) in [6, 6.07) is 14.6. The van der Waals surface area contributed by atoms with Crippen LogP contribution in [-0.2, 0) is 11.8 Å². The summed E-state index contributed by atoms with van der Waals surface area (Å²) < 4.78 is 2.75. The van der Waals surface area contributed by atoms with Crippen LogP contribution in [0.1, 0.15) is 10.4 Å². The summed E-state index contributed by atoms with van der Waals surface area (Å²) >= 11 is 3.32. The van der Waals surface area contributed by atoms with Gasteiger partial charge in [0.1, 0.15) is 0 Å². The molecule has 0 saturated carbocycles. The van der Waals surface area contributed by atoms with Gasteiger partial charge < -0.3 is 9.88 Å². The van der Waals surface area contributed by atoms with Crippen molar-refractivity contribution in [3.8, 4) is 0 Å². The number of hydrogen-bond donors (Lipinski definition) is 1. The number of anilines is 1. The minimum absolute atomic E-state index is 0.410. The van der Waals surface area contributed by atoms with Crippen LogP contribution in [0.2, 0.25) is 0 Å². The van der Waals surface area contributed by atoms with E-state index >= 15 is 0 Å². The Balaban J connectivity index is 1.89. The lowest BCUT2D eigenvalue weighted by atomic mass is 10.1. The van der Waals surface area contributed by atoms with Crippen LogP contribution in [0.5, 0.6) is 0 Å². The van der Waals surface area contributed by atoms with Crippen molar-refractivity contribution in [3.63, 3.8) is 0 Å². The molecule has 5 heteroatoms. The minimum atomic E-state index is -0.640. The number of para-hydroxylation sites is 1. The van der Waals surface area contributed by atoms with Crippen LogP contribution in [0.15, 0.2) is 59.2 Å². The number of rotatable bonds is 3. The van der Waals surface area contributed by atoms with E-state index in [1.807, 2.05) is 35.9 Å². The summed E-state index contributed by atoms with van der Waals surface area (Å²) in [6.45, 7) is 0. The van der Waals surface area contributed by atoms with E-state index in [4.69, 9.17) is 0 Å². The Hall–Kier alpha value is -2.40. The largest absolute Gasteiger partial charge is 0.350 e. The Kier molecular flexibility index (Phi) is 3.81. The molecule has 0 spiro atoms. The van der Waals surface area contributed by atoms with Crippen molar-refractivity contribution in [2.45, 2.75) is 0 Å². The van der Waals surface area contributed by atoms with Gasteiger partial charge in [0.15, 0.2) is 0 Å². The molecule has 1 N–H and O–H groups in total. The lowest BCUT2D eigenvalue weighted by Crippen LogP contribution is -2.22. The van der Waals surface area contributed by atoms with Gasteiger partial charge in [-0.2, -0.15) is 0 Å². The molecule has 4 nitrogen and oxygen atoms in total. The van der Waals surface area contributed by atoms with Gasteiger partial charge in [0.05, 0.1) is 5.56 Å². The molecule has 3 aromatic rings. The molecule has 1 aromatic heterocycles. The molecule has 1 heterocycles. The first kappa shape index (κ1) is 14.5. The number of amides is 1. The smallest absolute Gasteiger partial charge is 0.296 e. The predicted octanol–water partition coefficient (Wildman–Crippen LogP) is 3.76. The van der Waals surface area contributed by atoms with E-state index in [1.54, 1.807) is 30.5 Å². The number of hydrogen-bond acceptors (Lipinski definition) is 2. The summed E-state index contributed by atoms with van der Waals surface area (Å²) in [4.78, 5) is 24.6. The Bertz CT molecular complexity index is 866. The van der Waals surface area contributed by atoms with Gasteiger partial charge in [0.2, 0.25) is 0 Å². The average molecular weight is 357 g/mol. The van der Waals surface area contributed by atoms with Crippen LogP contribution in [-0.4, -0.2) is 16.3 Å². The van der Waals surface area contributed by atoms with Crippen molar-refractivity contribution in [2.75, 3.05) is 5.32 Å². The number of aromatic nitrogens is 1. The Morgan fingerprint density at radius 1 is 1.05 bits per heavy atom. The highest BCUT2D eigenvalue weighted by molar-refractivity contribution is 9.10. The molecule has 3 rings (SSSR count). The minimum Gasteiger partial charge on any atom is -0.350 e. The maximum Gasteiger partial charge on any atom is 0.296 e. The van der Waals surface area contributed by atoms with Crippen molar-refractivity contribution < 1.29 is 9.59 Å². The molecule has 0 saturated heterocycles. The van der Waals surface area contributed by atoms with E-state index in [0.717, 1.165) is 15.4 Å². The van der Waals surface area contributed by atoms with E-state index in [1.165, 1.54) is 0 Å². The number of halogens is 1. The van der Waals surface area contributed by atoms with Crippen molar-refractivity contribution in [1.29, 1.82) is 0 Å². The number of benzene rings is 2. The van der Waals surface area contributed by atoms with Crippen molar-refractivity contribution in [2.24, 2.45) is 7.05 Å². The van der Waals surface area contributed by atoms with E-state index < -0.39 is 11.7 Å². The van der Waals surface area contributed by atoms with Gasteiger partial charge in [-0.05, 0) is 30.3 Å². The number of Topliss-reactive ketones (excluding diaryl/α,β-unsaturated/α-hetero) is 1. The molecule has 0 aliphatic carbocycles. The fourth-order valence-electron chi connectivity index (χ4n) is 2.37. The summed E-state index contributed by atoms with van der Waals surface area (Å²) in [7, 11) is 1.85. The van der Waals surface area contributed by atoms with E-state index in [9.17, 15) is 9.59 Å². The van der Waals surface area contributed by atoms with Gasteiger partial charge in [0, 0.05) is 34.3 Å². The second-order valence-corrected chi connectivity index (χ2v) is 5.88. The third-order valence-corrected chi connectivity index (χ3v) is 3.98. The summed E-state index contributed by atoms with van der Waals surface area (Å²) in [5.41, 5.74) is 1.91. The van der Waals surface area contributed by atoms with Crippen LogP contribution in [0.3, 0.4) is 0 Å². The zero-order valence-corrected chi connectivity index (χ0v) is 13.4. The Morgan fingerprint density at radius 3 is 2.45 bits per heavy atom. The van der Waals surface area contributed by atoms with E-state index in [-0.39, 0.29) is 0 Å². The van der Waals surface area contributed by atoms with Crippen LogP contribution < -0.4 is 5.32 Å². The lowest BCUT2D eigenvalue weighted by Gasteiger charge is -2.04. The second-order valence-electron chi connectivity index (χ2n) is 4.96. The topological polar surface area (TPSA) is 51.1 Å². The molecule has 0 fully saturated rings. The molecule has 0 unspecified atom stereocenters. The molecule has 110 valence electrons. The Morgan fingerprint density at radius 2 is 1.73 bits per heavy atom. The molecule has 0 radical (unpaired) electrons. The first-order valence-corrected chi connectivity index (χ1v) is 7.51. The molecule has 0 bridgehead atoms. The van der Waals surface area contributed by atoms with Crippen LogP contribution >= 0.6 is 15.9 Å². The Labute approximate surface area is 135 Å². The van der Waals surface area contributed by atoms with Gasteiger partial charge in [-0.1, -0.05) is 34.1 Å². The molecule has 0 aliphatic heterocycles. The van der Waals surface area contributed by atoms with Crippen LogP contribution in [0.4, 0.5) is 5.69 Å². The molecule has 0 aliphatic rings. The summed E-state index contributed by atoms with van der Waals surface area (Å²) in [5, 5.41) is 3.40. The number of carbonyl (C=O) groups excluding carboxylic acids is 2. The van der Waals surface area contributed by atoms with Crippen LogP contribution in [0.25, 0.3) is 10.9 Å². The standard InChI is InChI=1S/C17H13BrN2O2/c1-20-10-14(13-4-2-3-5-15(13)20)16(21)17(22)19-12-8-6-11(18)7-9-12/h2-10H,1H3,(H,19,22). The van der Waals surface area contributed by atoms with E-state index in [0.29, 0.717) is 11.3 Å². The maximum atomic E-state index is 12.4. The highest BCUT2D eigenvalue weighted by Gasteiger charge is 2.20. The number of carbonyl (C=O) groups is 2. The highest BCUT2D eigenvalue weighted by atomic mass is 79.9. The number of nitrogens with zero attached hydrogens (tertiary/aromatic N) is 1. The SMILES string of the molecule is Cn1cc(C(=O)C(=O)Nc2ccc(Br)cc2)c2ccccc21. The first-order valence-electron chi connectivity index (χ1n) is 6.71. The summed E-state index contributed by atoms with van der Waals surface area (Å²) in [5.74, 6) is -1.18. The van der Waals surface area contributed by atoms with Gasteiger partial charge in [-0.3, -0.25) is 9.59 Å². The third kappa shape index (κ3) is 2.67. The lowest BCUT2D eigenvalue weighted by molar-refractivity contribution is -0.112. The number of aryl methyl sites for hydroxylation is 1. The summed E-state index contributed by atoms with van der Waals surface area (Å²) in [6.07, 6.45) is 1.69. The zero-order chi connectivity index (χ0) is 15.7. The molecule has 22 heavy (non-hydrogen) atoms. The highest BCUT2D eigenvalue weighted by Crippen LogP contribution is 2.21. The normalized spacial score (nSPS) is 10.6. The number of nitrogens with one attached hydrogen (secondary N) is 1. The van der Waals surface area contributed by atoms with E-state index in [2.05, 4.69) is 21.2 Å². The maximum absolute atomic E-state index is 12.4. The van der Waals surface area contributed by atoms with Gasteiger partial charge in [-0.15, -0.1) is 0 Å². The van der Waals surface area contributed by atoms with Crippen LogP contribution in [0, 0.1) is 0 Å². The van der Waals surface area contributed by atoms with Gasteiger partial charge >= 0.3 is 0 Å². The molecular weight excluding hydrogens is 344 g/mol. The number of ketones is 1. The quantitative estimate of drug-likeness (QED) is 0.573. The second kappa shape index (κ2) is 5.77. The predicted molar refractivity (Wildman–Crippen MR) is 90.0 cm³/mol. The van der Waals surface area contributed by atoms with Crippen molar-refractivity contribution in [1.82, 2.24) is 4.57 Å². The third-order valence-electron chi connectivity index (χ3n) is 3.45. The fourth-order valence-corrected chi connectivity index (χ4v) is 2.63. The molecule has 1 amide bonds. The molecular formula is C17H13BrN2O2. The average Bonchev–Trinajstić information content (AvgIpc) is 2.86. The number of fused-ring (bicyclic) bond motifs is 1. The first-order chi connectivity index (χ1) is 10.6. The van der Waals surface area contributed by atoms with Gasteiger partial charge in [0.25, 0.3) is 11.7 Å².